The van der Waals surface area contributed by atoms with Gasteiger partial charge < -0.3 is 16.2 Å². The van der Waals surface area contributed by atoms with Crippen molar-refractivity contribution in [2.45, 2.75) is 0 Å². The molecule has 6 heteroatoms. The van der Waals surface area contributed by atoms with E-state index in [0.29, 0.717) is 11.3 Å². The molecule has 0 heterocycles. The normalized spacial score (nSPS) is 10.1. The lowest BCUT2D eigenvalue weighted by Crippen LogP contribution is -2.15. The molecule has 2 rings (SSSR count). The van der Waals surface area contributed by atoms with Gasteiger partial charge in [0.2, 0.25) is 0 Å². The number of hydrogen-bond acceptors (Lipinski definition) is 3. The Hall–Kier alpha value is -2.09. The Balaban J connectivity index is 2.28. The number of nitrogen functional groups attached to an aromatic ring is 1. The molecule has 2 aromatic rings. The molecular formula is C14H11IN2O3. The molecule has 0 aliphatic carbocycles. The minimum Gasteiger partial charge on any atom is -0.478 e. The van der Waals surface area contributed by atoms with Crippen LogP contribution in [-0.2, 0) is 0 Å². The third-order valence-corrected chi connectivity index (χ3v) is 3.35. The van der Waals surface area contributed by atoms with E-state index in [0.717, 1.165) is 3.57 Å². The highest BCUT2D eigenvalue weighted by Gasteiger charge is 2.13. The van der Waals surface area contributed by atoms with E-state index in [1.165, 1.54) is 18.2 Å². The van der Waals surface area contributed by atoms with Gasteiger partial charge in [-0.05, 0) is 65.1 Å². The monoisotopic (exact) mass is 382 g/mol. The predicted octanol–water partition coefficient (Wildman–Crippen LogP) is 2.82. The van der Waals surface area contributed by atoms with Crippen molar-refractivity contribution in [2.75, 3.05) is 11.1 Å². The molecule has 1 amide bonds. The second kappa shape index (κ2) is 5.91. The van der Waals surface area contributed by atoms with E-state index < -0.39 is 5.97 Å². The summed E-state index contributed by atoms with van der Waals surface area (Å²) in [6, 6.07) is 11.3. The Morgan fingerprint density at radius 2 is 1.75 bits per heavy atom. The lowest BCUT2D eigenvalue weighted by atomic mass is 10.1. The van der Waals surface area contributed by atoms with Crippen LogP contribution in [0.25, 0.3) is 0 Å². The summed E-state index contributed by atoms with van der Waals surface area (Å²) in [4.78, 5) is 23.2. The van der Waals surface area contributed by atoms with Gasteiger partial charge >= 0.3 is 5.97 Å². The first-order valence-corrected chi connectivity index (χ1v) is 6.75. The van der Waals surface area contributed by atoms with Crippen LogP contribution in [0.2, 0.25) is 0 Å². The van der Waals surface area contributed by atoms with Gasteiger partial charge in [-0.2, -0.15) is 0 Å². The number of carbonyl (C=O) groups is 2. The number of nitrogens with two attached hydrogens (primary N) is 1. The van der Waals surface area contributed by atoms with Crippen LogP contribution in [0, 0.1) is 3.57 Å². The van der Waals surface area contributed by atoms with Crippen molar-refractivity contribution in [3.8, 4) is 0 Å². The summed E-state index contributed by atoms with van der Waals surface area (Å²) < 4.78 is 1.01. The van der Waals surface area contributed by atoms with Crippen molar-refractivity contribution < 1.29 is 14.7 Å². The molecule has 2 aromatic carbocycles. The molecule has 5 nitrogen and oxygen atoms in total. The highest BCUT2D eigenvalue weighted by atomic mass is 127. The fourth-order valence-electron chi connectivity index (χ4n) is 1.64. The van der Waals surface area contributed by atoms with Crippen LogP contribution in [0.15, 0.2) is 42.5 Å². The molecule has 4 N–H and O–H groups in total. The third-order valence-electron chi connectivity index (χ3n) is 2.63. The minimum absolute atomic E-state index is 0.0381. The van der Waals surface area contributed by atoms with Gasteiger partial charge in [0.05, 0.1) is 11.3 Å². The molecule has 0 spiro atoms. The molecule has 0 radical (unpaired) electrons. The summed E-state index contributed by atoms with van der Waals surface area (Å²) in [5.41, 5.74) is 6.51. The average Bonchev–Trinajstić information content (AvgIpc) is 2.41. The number of carboxylic acids is 1. The highest BCUT2D eigenvalue weighted by Crippen LogP contribution is 2.20. The van der Waals surface area contributed by atoms with Crippen molar-refractivity contribution in [1.29, 1.82) is 0 Å². The van der Waals surface area contributed by atoms with Gasteiger partial charge in [-0.1, -0.05) is 0 Å². The summed E-state index contributed by atoms with van der Waals surface area (Å²) in [6.07, 6.45) is 0. The van der Waals surface area contributed by atoms with Crippen LogP contribution >= 0.6 is 22.6 Å². The molecule has 0 aliphatic rings. The molecule has 102 valence electrons. The van der Waals surface area contributed by atoms with Crippen LogP contribution in [0.4, 0.5) is 11.4 Å². The van der Waals surface area contributed by atoms with Crippen LogP contribution < -0.4 is 11.1 Å². The maximum absolute atomic E-state index is 12.0. The molecular weight excluding hydrogens is 371 g/mol. The second-order valence-electron chi connectivity index (χ2n) is 4.07. The number of carbonyl (C=O) groups excluding carboxylic acids is 1. The zero-order chi connectivity index (χ0) is 14.7. The maximum Gasteiger partial charge on any atom is 0.337 e. The van der Waals surface area contributed by atoms with E-state index in [2.05, 4.69) is 27.9 Å². The molecule has 0 saturated heterocycles. The SMILES string of the molecule is Nc1ccc(NC(=O)c2ccc(I)cc2)c(C(=O)O)c1. The largest absolute Gasteiger partial charge is 0.478 e. The number of rotatable bonds is 3. The molecule has 0 aliphatic heterocycles. The number of aromatic carboxylic acids is 1. The van der Waals surface area contributed by atoms with Crippen molar-refractivity contribution in [2.24, 2.45) is 0 Å². The van der Waals surface area contributed by atoms with Gasteiger partial charge in [0.25, 0.3) is 5.91 Å². The lowest BCUT2D eigenvalue weighted by molar-refractivity contribution is 0.0698. The first-order valence-electron chi connectivity index (χ1n) is 5.67. The van der Waals surface area contributed by atoms with E-state index >= 15 is 0 Å². The smallest absolute Gasteiger partial charge is 0.337 e. The second-order valence-corrected chi connectivity index (χ2v) is 5.32. The molecule has 0 atom stereocenters. The summed E-state index contributed by atoms with van der Waals surface area (Å²) in [5.74, 6) is -1.51. The summed E-state index contributed by atoms with van der Waals surface area (Å²) in [7, 11) is 0. The Morgan fingerprint density at radius 3 is 2.35 bits per heavy atom. The Kier molecular flexibility index (Phi) is 4.23. The van der Waals surface area contributed by atoms with Crippen molar-refractivity contribution in [3.05, 3.63) is 57.2 Å². The van der Waals surface area contributed by atoms with Gasteiger partial charge in [0.1, 0.15) is 0 Å². The van der Waals surface area contributed by atoms with Crippen molar-refractivity contribution in [1.82, 2.24) is 0 Å². The van der Waals surface area contributed by atoms with Crippen molar-refractivity contribution in [3.63, 3.8) is 0 Å². The van der Waals surface area contributed by atoms with E-state index in [4.69, 9.17) is 10.8 Å². The number of nitrogens with one attached hydrogen (secondary N) is 1. The molecule has 0 fully saturated rings. The van der Waals surface area contributed by atoms with Crippen LogP contribution in [0.5, 0.6) is 0 Å². The van der Waals surface area contributed by atoms with Crippen molar-refractivity contribution >= 4 is 45.8 Å². The number of carboxylic acid groups (broad SMARTS) is 1. The van der Waals surface area contributed by atoms with E-state index in [-0.39, 0.29) is 17.2 Å². The average molecular weight is 382 g/mol. The molecule has 20 heavy (non-hydrogen) atoms. The maximum atomic E-state index is 12.0. The van der Waals surface area contributed by atoms with Gasteiger partial charge in [-0.15, -0.1) is 0 Å². The lowest BCUT2D eigenvalue weighted by Gasteiger charge is -2.09. The predicted molar refractivity (Wildman–Crippen MR) is 84.9 cm³/mol. The van der Waals surface area contributed by atoms with E-state index in [1.54, 1.807) is 24.3 Å². The van der Waals surface area contributed by atoms with Gasteiger partial charge in [-0.3, -0.25) is 4.79 Å². The summed E-state index contributed by atoms with van der Waals surface area (Å²) >= 11 is 2.14. The third kappa shape index (κ3) is 3.27. The highest BCUT2D eigenvalue weighted by molar-refractivity contribution is 14.1. The Labute approximate surface area is 128 Å². The standard InChI is InChI=1S/C14H11IN2O3/c15-9-3-1-8(2-4-9)13(18)17-12-6-5-10(16)7-11(12)14(19)20/h1-7H,16H2,(H,17,18)(H,19,20). The van der Waals surface area contributed by atoms with Crippen LogP contribution in [0.1, 0.15) is 20.7 Å². The van der Waals surface area contributed by atoms with Crippen LogP contribution in [-0.4, -0.2) is 17.0 Å². The molecule has 0 aromatic heterocycles. The first kappa shape index (κ1) is 14.3. The number of amides is 1. The number of halogens is 1. The molecule has 0 bridgehead atoms. The van der Waals surface area contributed by atoms with Gasteiger partial charge in [0.15, 0.2) is 0 Å². The van der Waals surface area contributed by atoms with E-state index in [1.807, 2.05) is 0 Å². The summed E-state index contributed by atoms with van der Waals surface area (Å²) in [6.45, 7) is 0. The molecule has 0 unspecified atom stereocenters. The van der Waals surface area contributed by atoms with Crippen LogP contribution in [0.3, 0.4) is 0 Å². The minimum atomic E-state index is -1.14. The fourth-order valence-corrected chi connectivity index (χ4v) is 2.00. The number of anilines is 2. The van der Waals surface area contributed by atoms with Gasteiger partial charge in [-0.25, -0.2) is 4.79 Å². The fraction of sp³-hybridized carbons (Fsp3) is 0. The first-order chi connectivity index (χ1) is 9.47. The quantitative estimate of drug-likeness (QED) is 0.562. The molecule has 0 saturated carbocycles. The zero-order valence-electron chi connectivity index (χ0n) is 10.3. The van der Waals surface area contributed by atoms with Gasteiger partial charge in [0, 0.05) is 14.8 Å². The zero-order valence-corrected chi connectivity index (χ0v) is 12.4. The Morgan fingerprint density at radius 1 is 1.10 bits per heavy atom. The Bertz CT molecular complexity index is 669. The number of hydrogen-bond donors (Lipinski definition) is 3. The van der Waals surface area contributed by atoms with E-state index in [9.17, 15) is 9.59 Å². The topological polar surface area (TPSA) is 92.4 Å². The summed E-state index contributed by atoms with van der Waals surface area (Å²) in [5, 5.41) is 11.7. The number of benzene rings is 2.